The summed E-state index contributed by atoms with van der Waals surface area (Å²) in [5.74, 6) is -0.772. The van der Waals surface area contributed by atoms with Crippen LogP contribution in [0.25, 0.3) is 0 Å². The molecule has 1 rings (SSSR count). The van der Waals surface area contributed by atoms with Crippen molar-refractivity contribution in [2.75, 3.05) is 13.7 Å². The first kappa shape index (κ1) is 16.3. The van der Waals surface area contributed by atoms with E-state index in [1.54, 1.807) is 0 Å². The van der Waals surface area contributed by atoms with Crippen LogP contribution < -0.4 is 5.73 Å². The third-order valence-corrected chi connectivity index (χ3v) is 5.65. The Morgan fingerprint density at radius 1 is 1.47 bits per heavy atom. The van der Waals surface area contributed by atoms with E-state index in [1.807, 2.05) is 0 Å². The summed E-state index contributed by atoms with van der Waals surface area (Å²) < 4.78 is 30.7. The number of ether oxygens (including phenoxy) is 1. The van der Waals surface area contributed by atoms with Gasteiger partial charge in [0.25, 0.3) is 0 Å². The molecule has 19 heavy (non-hydrogen) atoms. The molecule has 0 aliphatic heterocycles. The molecular weight excluding hydrogens is 288 g/mol. The molecule has 0 aromatic heterocycles. The highest BCUT2D eigenvalue weighted by Gasteiger charge is 2.39. The topological polar surface area (TPSA) is 89.7 Å². The Morgan fingerprint density at radius 2 is 2.00 bits per heavy atom. The lowest BCUT2D eigenvalue weighted by Crippen LogP contribution is -2.49. The van der Waals surface area contributed by atoms with Gasteiger partial charge in [0.05, 0.1) is 18.6 Å². The summed E-state index contributed by atoms with van der Waals surface area (Å²) in [5.41, 5.74) is 5.48. The Balaban J connectivity index is 3.01. The number of methoxy groups -OCH3 is 1. The highest BCUT2D eigenvalue weighted by atomic mass is 32.2. The first-order valence-corrected chi connectivity index (χ1v) is 8.08. The molecule has 1 aliphatic rings. The first-order chi connectivity index (χ1) is 8.80. The van der Waals surface area contributed by atoms with Gasteiger partial charge in [-0.15, -0.1) is 0 Å². The number of hydrogen-bond donors (Lipinski definition) is 1. The van der Waals surface area contributed by atoms with Gasteiger partial charge in [-0.1, -0.05) is 25.1 Å². The fourth-order valence-electron chi connectivity index (χ4n) is 2.26. The molecular formula is C11H20N2O4S2. The van der Waals surface area contributed by atoms with Gasteiger partial charge in [-0.05, 0) is 19.8 Å². The van der Waals surface area contributed by atoms with Gasteiger partial charge in [0.15, 0.2) is 5.25 Å². The summed E-state index contributed by atoms with van der Waals surface area (Å²) in [6.07, 6.45) is 3.49. The van der Waals surface area contributed by atoms with Gasteiger partial charge in [-0.2, -0.15) is 4.31 Å². The molecule has 1 saturated carbocycles. The molecule has 1 atom stereocenters. The lowest BCUT2D eigenvalue weighted by Gasteiger charge is -2.29. The normalized spacial score (nSPS) is 18.5. The van der Waals surface area contributed by atoms with Crippen molar-refractivity contribution in [2.24, 2.45) is 5.73 Å². The fourth-order valence-corrected chi connectivity index (χ4v) is 4.18. The lowest BCUT2D eigenvalue weighted by atomic mass is 10.2. The van der Waals surface area contributed by atoms with Gasteiger partial charge < -0.3 is 10.5 Å². The van der Waals surface area contributed by atoms with E-state index < -0.39 is 21.2 Å². The van der Waals surface area contributed by atoms with E-state index in [1.165, 1.54) is 18.3 Å². The maximum absolute atomic E-state index is 12.5. The number of carbonyl (C=O) groups excluding carboxylic acids is 1. The van der Waals surface area contributed by atoms with Crippen molar-refractivity contribution < 1.29 is 17.9 Å². The zero-order valence-electron chi connectivity index (χ0n) is 11.2. The van der Waals surface area contributed by atoms with E-state index in [9.17, 15) is 13.2 Å². The average Bonchev–Trinajstić information content (AvgIpc) is 2.87. The van der Waals surface area contributed by atoms with Crippen LogP contribution in [0.2, 0.25) is 0 Å². The van der Waals surface area contributed by atoms with Crippen LogP contribution in [0.3, 0.4) is 0 Å². The van der Waals surface area contributed by atoms with Gasteiger partial charge in [0.1, 0.15) is 0 Å². The number of thiocarbonyl (C=S) groups is 1. The van der Waals surface area contributed by atoms with Crippen molar-refractivity contribution in [3.05, 3.63) is 0 Å². The number of carbonyl (C=O) groups is 1. The monoisotopic (exact) mass is 308 g/mol. The second kappa shape index (κ2) is 6.62. The smallest absolute Gasteiger partial charge is 0.325 e. The van der Waals surface area contributed by atoms with Crippen molar-refractivity contribution in [3.8, 4) is 0 Å². The van der Waals surface area contributed by atoms with Crippen LogP contribution in [0, 0.1) is 0 Å². The molecule has 0 saturated heterocycles. The third kappa shape index (κ3) is 3.87. The molecule has 0 radical (unpaired) electrons. The Labute approximate surface area is 119 Å². The SMILES string of the molecule is COC(=O)C(C)S(=O)(=O)N(CC(N)=S)C1CCCC1. The largest absolute Gasteiger partial charge is 0.468 e. The molecule has 1 fully saturated rings. The Morgan fingerprint density at radius 3 is 2.42 bits per heavy atom. The Bertz CT molecular complexity index is 444. The number of sulfonamides is 1. The number of hydrogen-bond acceptors (Lipinski definition) is 5. The second-order valence-electron chi connectivity index (χ2n) is 4.66. The van der Waals surface area contributed by atoms with Crippen molar-refractivity contribution in [1.82, 2.24) is 4.31 Å². The molecule has 0 heterocycles. The maximum atomic E-state index is 12.5. The van der Waals surface area contributed by atoms with E-state index in [0.717, 1.165) is 25.7 Å². The highest BCUT2D eigenvalue weighted by Crippen LogP contribution is 2.27. The lowest BCUT2D eigenvalue weighted by molar-refractivity contribution is -0.139. The minimum Gasteiger partial charge on any atom is -0.468 e. The van der Waals surface area contributed by atoms with Crippen molar-refractivity contribution >= 4 is 33.2 Å². The van der Waals surface area contributed by atoms with Crippen LogP contribution in [-0.2, 0) is 19.6 Å². The van der Waals surface area contributed by atoms with Crippen molar-refractivity contribution in [2.45, 2.75) is 43.9 Å². The molecule has 0 aromatic carbocycles. The summed E-state index contributed by atoms with van der Waals surface area (Å²) in [6.45, 7) is 1.30. The van der Waals surface area contributed by atoms with Crippen LogP contribution in [-0.4, -0.2) is 48.6 Å². The van der Waals surface area contributed by atoms with E-state index in [-0.39, 0.29) is 17.6 Å². The molecule has 110 valence electrons. The van der Waals surface area contributed by atoms with Crippen LogP contribution in [0.15, 0.2) is 0 Å². The number of nitrogens with zero attached hydrogens (tertiary/aromatic N) is 1. The second-order valence-corrected chi connectivity index (χ2v) is 7.39. The minimum absolute atomic E-state index is 0.0241. The minimum atomic E-state index is -3.80. The summed E-state index contributed by atoms with van der Waals surface area (Å²) in [4.78, 5) is 11.6. The van der Waals surface area contributed by atoms with Crippen LogP contribution in [0.5, 0.6) is 0 Å². The summed E-state index contributed by atoms with van der Waals surface area (Å²) in [5, 5.41) is -1.24. The molecule has 1 aliphatic carbocycles. The highest BCUT2D eigenvalue weighted by molar-refractivity contribution is 7.90. The van der Waals surface area contributed by atoms with Crippen LogP contribution in [0.4, 0.5) is 0 Å². The predicted octanol–water partition coefficient (Wildman–Crippen LogP) is 0.408. The number of nitrogens with two attached hydrogens (primary N) is 1. The molecule has 8 heteroatoms. The average molecular weight is 308 g/mol. The zero-order chi connectivity index (χ0) is 14.6. The fraction of sp³-hybridized carbons (Fsp3) is 0.818. The molecule has 0 amide bonds. The van der Waals surface area contributed by atoms with Crippen LogP contribution in [0.1, 0.15) is 32.6 Å². The Kier molecular flexibility index (Phi) is 5.69. The van der Waals surface area contributed by atoms with E-state index in [0.29, 0.717) is 0 Å². The van der Waals surface area contributed by atoms with Gasteiger partial charge >= 0.3 is 5.97 Å². The quantitative estimate of drug-likeness (QED) is 0.564. The molecule has 6 nitrogen and oxygen atoms in total. The van der Waals surface area contributed by atoms with E-state index >= 15 is 0 Å². The van der Waals surface area contributed by atoms with Gasteiger partial charge in [-0.25, -0.2) is 8.42 Å². The molecule has 0 spiro atoms. The Hall–Kier alpha value is -0.730. The number of rotatable bonds is 6. The summed E-state index contributed by atoms with van der Waals surface area (Å²) >= 11 is 4.81. The van der Waals surface area contributed by atoms with Gasteiger partial charge in [0.2, 0.25) is 10.0 Å². The predicted molar refractivity (Wildman–Crippen MR) is 76.1 cm³/mol. The summed E-state index contributed by atoms with van der Waals surface area (Å²) in [6, 6.07) is -0.126. The molecule has 2 N–H and O–H groups in total. The summed E-state index contributed by atoms with van der Waals surface area (Å²) in [7, 11) is -2.63. The molecule has 0 aromatic rings. The van der Waals surface area contributed by atoms with E-state index in [4.69, 9.17) is 18.0 Å². The maximum Gasteiger partial charge on any atom is 0.325 e. The van der Waals surface area contributed by atoms with E-state index in [2.05, 4.69) is 4.74 Å². The van der Waals surface area contributed by atoms with Crippen LogP contribution >= 0.6 is 12.2 Å². The third-order valence-electron chi connectivity index (χ3n) is 3.35. The van der Waals surface area contributed by atoms with Crippen molar-refractivity contribution in [3.63, 3.8) is 0 Å². The van der Waals surface area contributed by atoms with Gasteiger partial charge in [-0.3, -0.25) is 4.79 Å². The zero-order valence-corrected chi connectivity index (χ0v) is 12.8. The molecule has 1 unspecified atom stereocenters. The standard InChI is InChI=1S/C11H20N2O4S2/c1-8(11(14)17-2)19(15,16)13(7-10(12)18)9-5-3-4-6-9/h8-9H,3-7H2,1-2H3,(H2,12,18). The van der Waals surface area contributed by atoms with Crippen molar-refractivity contribution in [1.29, 1.82) is 0 Å². The first-order valence-electron chi connectivity index (χ1n) is 6.17. The van der Waals surface area contributed by atoms with Gasteiger partial charge in [0, 0.05) is 6.04 Å². The molecule has 0 bridgehead atoms. The number of esters is 1.